The van der Waals surface area contributed by atoms with Crippen LogP contribution in [0.25, 0.3) is 28.5 Å². The minimum absolute atomic E-state index is 0.0418. The molecule has 10 heteroatoms. The van der Waals surface area contributed by atoms with E-state index in [1.165, 1.54) is 12.5 Å². The highest BCUT2D eigenvalue weighted by molar-refractivity contribution is 7.09. The standard InChI is InChI=1S/C21H17N7O2S/c1-12-25-14(11-31-12)3-4-15(29)18-20(22)27-19(21-24-7-9-30-21)17(26-18)13-2-5-16-23-6-8-28(16)10-13/h2,5-11H,3-4H2,1H3,(H2,22,27). The normalized spacial score (nSPS) is 11.3. The summed E-state index contributed by atoms with van der Waals surface area (Å²) in [5, 5.41) is 2.92. The molecule has 154 valence electrons. The van der Waals surface area contributed by atoms with Crippen molar-refractivity contribution in [2.75, 3.05) is 5.73 Å². The summed E-state index contributed by atoms with van der Waals surface area (Å²) in [6.45, 7) is 1.93. The Morgan fingerprint density at radius 3 is 2.84 bits per heavy atom. The zero-order valence-corrected chi connectivity index (χ0v) is 17.3. The number of thiazole rings is 1. The Balaban J connectivity index is 1.56. The van der Waals surface area contributed by atoms with Crippen LogP contribution in [0.4, 0.5) is 5.82 Å². The summed E-state index contributed by atoms with van der Waals surface area (Å²) in [5.74, 6) is 0.122. The summed E-state index contributed by atoms with van der Waals surface area (Å²) in [7, 11) is 0. The van der Waals surface area contributed by atoms with E-state index in [4.69, 9.17) is 10.2 Å². The fraction of sp³-hybridized carbons (Fsp3) is 0.143. The minimum Gasteiger partial charge on any atom is -0.443 e. The number of Topliss-reactive ketones (excluding diaryl/α,β-unsaturated/α-hetero) is 1. The molecule has 0 amide bonds. The lowest BCUT2D eigenvalue weighted by molar-refractivity contribution is 0.0978. The summed E-state index contributed by atoms with van der Waals surface area (Å²) in [4.78, 5) is 34.8. The zero-order valence-electron chi connectivity index (χ0n) is 16.5. The molecule has 0 radical (unpaired) electrons. The van der Waals surface area contributed by atoms with Gasteiger partial charge in [0.1, 0.15) is 23.3 Å². The maximum atomic E-state index is 12.9. The van der Waals surface area contributed by atoms with E-state index in [0.717, 1.165) is 21.9 Å². The summed E-state index contributed by atoms with van der Waals surface area (Å²) >= 11 is 1.56. The molecule has 31 heavy (non-hydrogen) atoms. The Kier molecular flexibility index (Phi) is 4.75. The number of rotatable bonds is 6. The largest absolute Gasteiger partial charge is 0.443 e. The lowest BCUT2D eigenvalue weighted by Gasteiger charge is -2.11. The van der Waals surface area contributed by atoms with E-state index in [2.05, 4.69) is 24.9 Å². The second-order valence-corrected chi connectivity index (χ2v) is 7.95. The fourth-order valence-electron chi connectivity index (χ4n) is 3.29. The molecule has 5 rings (SSSR count). The topological polar surface area (TPSA) is 125 Å². The smallest absolute Gasteiger partial charge is 0.247 e. The molecule has 0 saturated heterocycles. The number of anilines is 1. The van der Waals surface area contributed by atoms with Gasteiger partial charge in [-0.25, -0.2) is 24.9 Å². The highest BCUT2D eigenvalue weighted by Gasteiger charge is 2.22. The molecule has 0 aromatic carbocycles. The molecule has 0 aliphatic carbocycles. The molecule has 0 spiro atoms. The van der Waals surface area contributed by atoms with E-state index < -0.39 is 0 Å². The van der Waals surface area contributed by atoms with Crippen LogP contribution in [0.5, 0.6) is 0 Å². The number of nitrogen functional groups attached to an aromatic ring is 1. The zero-order chi connectivity index (χ0) is 21.4. The SMILES string of the molecule is Cc1nc(CCC(=O)c2nc(-c3ccc4nccn4c3)c(-c3ncco3)nc2N)cs1. The van der Waals surface area contributed by atoms with E-state index in [1.807, 2.05) is 41.2 Å². The Morgan fingerprint density at radius 2 is 2.06 bits per heavy atom. The molecule has 0 aliphatic heterocycles. The van der Waals surface area contributed by atoms with Crippen molar-refractivity contribution in [3.8, 4) is 22.8 Å². The van der Waals surface area contributed by atoms with Crippen LogP contribution in [-0.2, 0) is 6.42 Å². The maximum absolute atomic E-state index is 12.9. The summed E-state index contributed by atoms with van der Waals surface area (Å²) < 4.78 is 7.30. The first-order valence-corrected chi connectivity index (χ1v) is 10.4. The number of hydrogen-bond donors (Lipinski definition) is 1. The van der Waals surface area contributed by atoms with Crippen LogP contribution >= 0.6 is 11.3 Å². The van der Waals surface area contributed by atoms with Gasteiger partial charge in [0.05, 0.1) is 16.9 Å². The summed E-state index contributed by atoms with van der Waals surface area (Å²) in [5.41, 5.74) is 9.49. The molecule has 9 nitrogen and oxygen atoms in total. The van der Waals surface area contributed by atoms with Gasteiger partial charge in [-0.15, -0.1) is 11.3 Å². The molecular weight excluding hydrogens is 414 g/mol. The molecule has 5 heterocycles. The molecule has 5 aromatic heterocycles. The molecule has 0 saturated carbocycles. The molecule has 0 bridgehead atoms. The van der Waals surface area contributed by atoms with Crippen LogP contribution in [0.3, 0.4) is 0 Å². The maximum Gasteiger partial charge on any atom is 0.247 e. The highest BCUT2D eigenvalue weighted by atomic mass is 32.1. The van der Waals surface area contributed by atoms with Crippen molar-refractivity contribution in [1.82, 2.24) is 29.3 Å². The van der Waals surface area contributed by atoms with Crippen LogP contribution in [0, 0.1) is 6.92 Å². The third kappa shape index (κ3) is 3.68. The lowest BCUT2D eigenvalue weighted by atomic mass is 10.1. The van der Waals surface area contributed by atoms with E-state index in [1.54, 1.807) is 17.5 Å². The van der Waals surface area contributed by atoms with E-state index >= 15 is 0 Å². The number of nitrogens with two attached hydrogens (primary N) is 1. The molecular formula is C21H17N7O2S. The van der Waals surface area contributed by atoms with Crippen LogP contribution in [-0.4, -0.2) is 35.1 Å². The Hall–Kier alpha value is -3.92. The van der Waals surface area contributed by atoms with Gasteiger partial charge in [0.15, 0.2) is 17.3 Å². The number of carbonyl (C=O) groups is 1. The van der Waals surface area contributed by atoms with Gasteiger partial charge >= 0.3 is 0 Å². The van der Waals surface area contributed by atoms with Crippen molar-refractivity contribution in [2.45, 2.75) is 19.8 Å². The Morgan fingerprint density at radius 1 is 1.16 bits per heavy atom. The number of hydrogen-bond acceptors (Lipinski definition) is 9. The fourth-order valence-corrected chi connectivity index (χ4v) is 3.93. The number of fused-ring (bicyclic) bond motifs is 1. The summed E-state index contributed by atoms with van der Waals surface area (Å²) in [6.07, 6.45) is 9.12. The molecule has 0 fully saturated rings. The van der Waals surface area contributed by atoms with Gasteiger partial charge in [0.2, 0.25) is 5.89 Å². The van der Waals surface area contributed by atoms with Crippen molar-refractivity contribution in [3.05, 3.63) is 65.0 Å². The average molecular weight is 431 g/mol. The van der Waals surface area contributed by atoms with Crippen LogP contribution in [0.2, 0.25) is 0 Å². The predicted molar refractivity (Wildman–Crippen MR) is 116 cm³/mol. The third-order valence-corrected chi connectivity index (χ3v) is 5.58. The van der Waals surface area contributed by atoms with Gasteiger partial charge in [-0.3, -0.25) is 4.79 Å². The van der Waals surface area contributed by atoms with Gasteiger partial charge in [-0.05, 0) is 25.5 Å². The quantitative estimate of drug-likeness (QED) is 0.404. The number of aromatic nitrogens is 6. The Labute approximate surface area is 180 Å². The number of nitrogens with zero attached hydrogens (tertiary/aromatic N) is 6. The van der Waals surface area contributed by atoms with Gasteiger partial charge < -0.3 is 14.6 Å². The Bertz CT molecular complexity index is 1390. The second-order valence-electron chi connectivity index (χ2n) is 6.88. The van der Waals surface area contributed by atoms with Gasteiger partial charge in [0, 0.05) is 36.0 Å². The monoisotopic (exact) mass is 431 g/mol. The van der Waals surface area contributed by atoms with Gasteiger partial charge in [-0.2, -0.15) is 0 Å². The average Bonchev–Trinajstić information content (AvgIpc) is 3.53. The number of aryl methyl sites for hydroxylation is 2. The van der Waals surface area contributed by atoms with E-state index in [9.17, 15) is 4.79 Å². The van der Waals surface area contributed by atoms with Crippen LogP contribution in [0.1, 0.15) is 27.6 Å². The number of ketones is 1. The highest BCUT2D eigenvalue weighted by Crippen LogP contribution is 2.30. The lowest BCUT2D eigenvalue weighted by Crippen LogP contribution is -2.12. The number of oxazole rings is 1. The number of imidazole rings is 1. The van der Waals surface area contributed by atoms with Crippen molar-refractivity contribution in [3.63, 3.8) is 0 Å². The molecule has 5 aromatic rings. The molecule has 0 aliphatic rings. The van der Waals surface area contributed by atoms with Crippen LogP contribution < -0.4 is 5.73 Å². The van der Waals surface area contributed by atoms with E-state index in [-0.39, 0.29) is 29.6 Å². The molecule has 0 atom stereocenters. The van der Waals surface area contributed by atoms with Crippen molar-refractivity contribution >= 4 is 28.6 Å². The predicted octanol–water partition coefficient (Wildman–Crippen LogP) is 3.61. The van der Waals surface area contributed by atoms with E-state index in [0.29, 0.717) is 17.8 Å². The minimum atomic E-state index is -0.195. The van der Waals surface area contributed by atoms with Crippen molar-refractivity contribution in [2.24, 2.45) is 0 Å². The van der Waals surface area contributed by atoms with Crippen molar-refractivity contribution in [1.29, 1.82) is 0 Å². The second kappa shape index (κ2) is 7.73. The first kappa shape index (κ1) is 19.1. The van der Waals surface area contributed by atoms with Gasteiger partial charge in [-0.1, -0.05) is 0 Å². The molecule has 0 unspecified atom stereocenters. The van der Waals surface area contributed by atoms with Gasteiger partial charge in [0.25, 0.3) is 0 Å². The number of pyridine rings is 1. The van der Waals surface area contributed by atoms with Crippen molar-refractivity contribution < 1.29 is 9.21 Å². The third-order valence-electron chi connectivity index (χ3n) is 4.76. The first-order valence-electron chi connectivity index (χ1n) is 9.53. The number of carbonyl (C=O) groups excluding carboxylic acids is 1. The molecule has 2 N–H and O–H groups in total. The first-order chi connectivity index (χ1) is 15.1. The van der Waals surface area contributed by atoms with Crippen LogP contribution in [0.15, 0.2) is 53.0 Å². The summed E-state index contributed by atoms with van der Waals surface area (Å²) in [6, 6.07) is 3.72.